The molecule has 0 spiro atoms. The van der Waals surface area contributed by atoms with Gasteiger partial charge in [-0.25, -0.2) is 4.79 Å². The molecule has 0 bridgehead atoms. The standard InChI is InChI=1S/C35H42F3N5O3/c1-23(41-32(44)31-20-29(13-14-39-31)43-17-15-42(16-18-43)22-24-5-6-24)25-7-9-26(10-8-25)30-19-28(35(36,37)38)12-11-27(30)21-40-33(45)46-34(2,3)4/h7-14,19-20,23-24H,5-6,15-18,21-22H2,1-4H3,(H,40,45)(H,41,44)/t23-/m1/s1. The van der Waals surface area contributed by atoms with E-state index in [1.807, 2.05) is 19.1 Å². The molecular formula is C35H42F3N5O3. The fourth-order valence-electron chi connectivity index (χ4n) is 5.56. The number of halogens is 3. The molecule has 8 nitrogen and oxygen atoms in total. The van der Waals surface area contributed by atoms with Gasteiger partial charge in [-0.15, -0.1) is 0 Å². The van der Waals surface area contributed by atoms with Gasteiger partial charge < -0.3 is 20.3 Å². The summed E-state index contributed by atoms with van der Waals surface area (Å²) in [5.74, 6) is 0.561. The molecule has 1 atom stereocenters. The quantitative estimate of drug-likeness (QED) is 0.268. The molecule has 2 aliphatic rings. The van der Waals surface area contributed by atoms with Crippen LogP contribution in [-0.4, -0.2) is 60.2 Å². The minimum Gasteiger partial charge on any atom is -0.444 e. The van der Waals surface area contributed by atoms with E-state index in [4.69, 9.17) is 4.74 Å². The number of alkyl halides is 3. The van der Waals surface area contributed by atoms with Crippen LogP contribution in [-0.2, 0) is 17.5 Å². The van der Waals surface area contributed by atoms with Crippen LogP contribution in [0.2, 0.25) is 0 Å². The van der Waals surface area contributed by atoms with Crippen molar-refractivity contribution in [3.63, 3.8) is 0 Å². The maximum atomic E-state index is 13.6. The number of nitrogens with zero attached hydrogens (tertiary/aromatic N) is 3. The van der Waals surface area contributed by atoms with Crippen LogP contribution in [0.25, 0.3) is 11.1 Å². The van der Waals surface area contributed by atoms with Gasteiger partial charge in [0.2, 0.25) is 0 Å². The number of benzene rings is 2. The first-order chi connectivity index (χ1) is 21.7. The number of carbonyl (C=O) groups excluding carboxylic acids is 2. The summed E-state index contributed by atoms with van der Waals surface area (Å²) in [6, 6.07) is 13.8. The first-order valence-corrected chi connectivity index (χ1v) is 15.8. The third-order valence-electron chi connectivity index (χ3n) is 8.26. The SMILES string of the molecule is C[C@@H](NC(=O)c1cc(N2CCN(CC3CC3)CC2)ccn1)c1ccc(-c2cc(C(F)(F)F)ccc2CNC(=O)OC(C)(C)C)cc1. The summed E-state index contributed by atoms with van der Waals surface area (Å²) in [6.45, 7) is 12.0. The monoisotopic (exact) mass is 637 g/mol. The number of nitrogens with one attached hydrogen (secondary N) is 2. The summed E-state index contributed by atoms with van der Waals surface area (Å²) in [5.41, 5.74) is 1.96. The number of carbonyl (C=O) groups is 2. The maximum Gasteiger partial charge on any atom is 0.416 e. The van der Waals surface area contributed by atoms with Gasteiger partial charge in [-0.05, 0) is 93.0 Å². The van der Waals surface area contributed by atoms with E-state index in [2.05, 4.69) is 25.4 Å². The van der Waals surface area contributed by atoms with Crippen molar-refractivity contribution in [2.24, 2.45) is 5.92 Å². The third-order valence-corrected chi connectivity index (χ3v) is 8.26. The van der Waals surface area contributed by atoms with Crippen LogP contribution in [0.15, 0.2) is 60.8 Å². The van der Waals surface area contributed by atoms with Crippen LogP contribution >= 0.6 is 0 Å². The number of piperazine rings is 1. The minimum atomic E-state index is -4.53. The predicted molar refractivity (Wildman–Crippen MR) is 171 cm³/mol. The highest BCUT2D eigenvalue weighted by molar-refractivity contribution is 5.93. The van der Waals surface area contributed by atoms with Crippen molar-refractivity contribution in [1.29, 1.82) is 0 Å². The third kappa shape index (κ3) is 8.99. The van der Waals surface area contributed by atoms with Gasteiger partial charge in [0.15, 0.2) is 0 Å². The highest BCUT2D eigenvalue weighted by Gasteiger charge is 2.31. The van der Waals surface area contributed by atoms with Gasteiger partial charge in [-0.3, -0.25) is 14.7 Å². The lowest BCUT2D eigenvalue weighted by Gasteiger charge is -2.36. The number of pyridine rings is 1. The van der Waals surface area contributed by atoms with Crippen LogP contribution in [0.3, 0.4) is 0 Å². The second kappa shape index (κ2) is 13.7. The lowest BCUT2D eigenvalue weighted by molar-refractivity contribution is -0.137. The van der Waals surface area contributed by atoms with Gasteiger partial charge in [0.25, 0.3) is 5.91 Å². The molecular weight excluding hydrogens is 595 g/mol. The van der Waals surface area contributed by atoms with Crippen molar-refractivity contribution in [3.8, 4) is 11.1 Å². The van der Waals surface area contributed by atoms with Crippen molar-refractivity contribution < 1.29 is 27.5 Å². The summed E-state index contributed by atoms with van der Waals surface area (Å²) in [7, 11) is 0. The summed E-state index contributed by atoms with van der Waals surface area (Å²) < 4.78 is 46.1. The van der Waals surface area contributed by atoms with Gasteiger partial charge >= 0.3 is 12.3 Å². The highest BCUT2D eigenvalue weighted by atomic mass is 19.4. The Morgan fingerprint density at radius 3 is 2.30 bits per heavy atom. The molecule has 2 aromatic carbocycles. The molecule has 2 fully saturated rings. The molecule has 2 N–H and O–H groups in total. The van der Waals surface area contributed by atoms with E-state index in [1.165, 1.54) is 25.5 Å². The number of hydrogen-bond acceptors (Lipinski definition) is 6. The second-order valence-electron chi connectivity index (χ2n) is 13.2. The molecule has 246 valence electrons. The average molecular weight is 638 g/mol. The van der Waals surface area contributed by atoms with Crippen molar-refractivity contribution >= 4 is 17.7 Å². The van der Waals surface area contributed by atoms with E-state index in [0.717, 1.165) is 55.5 Å². The number of hydrogen-bond donors (Lipinski definition) is 2. The number of aromatic nitrogens is 1. The topological polar surface area (TPSA) is 86.8 Å². The molecule has 46 heavy (non-hydrogen) atoms. The fraction of sp³-hybridized carbons (Fsp3) is 0.457. The first-order valence-electron chi connectivity index (χ1n) is 15.8. The summed E-state index contributed by atoms with van der Waals surface area (Å²) in [5, 5.41) is 5.62. The molecule has 0 radical (unpaired) electrons. The molecule has 1 saturated carbocycles. The molecule has 1 aliphatic heterocycles. The van der Waals surface area contributed by atoms with Crippen molar-refractivity contribution in [2.75, 3.05) is 37.6 Å². The van der Waals surface area contributed by atoms with Crippen LogP contribution in [0.1, 0.15) is 73.8 Å². The fourth-order valence-corrected chi connectivity index (χ4v) is 5.56. The lowest BCUT2D eigenvalue weighted by Crippen LogP contribution is -2.47. The second-order valence-corrected chi connectivity index (χ2v) is 13.2. The Bertz CT molecular complexity index is 1530. The molecule has 1 aromatic heterocycles. The maximum absolute atomic E-state index is 13.6. The molecule has 2 heterocycles. The van der Waals surface area contributed by atoms with Crippen molar-refractivity contribution in [2.45, 2.75) is 64.9 Å². The van der Waals surface area contributed by atoms with E-state index in [9.17, 15) is 22.8 Å². The highest BCUT2D eigenvalue weighted by Crippen LogP contribution is 2.35. The van der Waals surface area contributed by atoms with Crippen LogP contribution in [0.5, 0.6) is 0 Å². The van der Waals surface area contributed by atoms with E-state index in [0.29, 0.717) is 22.4 Å². The number of amides is 2. The number of ether oxygens (including phenoxy) is 1. The van der Waals surface area contributed by atoms with Crippen LogP contribution in [0.4, 0.5) is 23.7 Å². The summed E-state index contributed by atoms with van der Waals surface area (Å²) >= 11 is 0. The van der Waals surface area contributed by atoms with Crippen LogP contribution < -0.4 is 15.5 Å². The smallest absolute Gasteiger partial charge is 0.416 e. The van der Waals surface area contributed by atoms with Gasteiger partial charge in [-0.1, -0.05) is 30.3 Å². The molecule has 1 saturated heterocycles. The molecule has 1 aliphatic carbocycles. The van der Waals surface area contributed by atoms with Crippen molar-refractivity contribution in [3.05, 3.63) is 83.2 Å². The summed E-state index contributed by atoms with van der Waals surface area (Å²) in [6.07, 6.45) is -0.843. The molecule has 2 amide bonds. The zero-order chi connectivity index (χ0) is 33.1. The van der Waals surface area contributed by atoms with Crippen LogP contribution in [0, 0.1) is 5.92 Å². The van der Waals surface area contributed by atoms with E-state index in [1.54, 1.807) is 51.2 Å². The van der Waals surface area contributed by atoms with Gasteiger partial charge in [0, 0.05) is 51.2 Å². The number of alkyl carbamates (subject to hydrolysis) is 1. The molecule has 0 unspecified atom stereocenters. The number of anilines is 1. The summed E-state index contributed by atoms with van der Waals surface area (Å²) in [4.78, 5) is 34.5. The van der Waals surface area contributed by atoms with Crippen molar-refractivity contribution in [1.82, 2.24) is 20.5 Å². The van der Waals surface area contributed by atoms with Gasteiger partial charge in [0.05, 0.1) is 11.6 Å². The zero-order valence-electron chi connectivity index (χ0n) is 26.8. The Morgan fingerprint density at radius 1 is 0.978 bits per heavy atom. The Morgan fingerprint density at radius 2 is 1.67 bits per heavy atom. The molecule has 5 rings (SSSR count). The minimum absolute atomic E-state index is 0.0151. The first kappa shape index (κ1) is 33.2. The Hall–Kier alpha value is -4.12. The van der Waals surface area contributed by atoms with E-state index in [-0.39, 0.29) is 18.5 Å². The van der Waals surface area contributed by atoms with Gasteiger partial charge in [0.1, 0.15) is 11.3 Å². The number of rotatable bonds is 9. The Kier molecular flexibility index (Phi) is 9.91. The normalized spacial score (nSPS) is 16.5. The zero-order valence-corrected chi connectivity index (χ0v) is 26.8. The van der Waals surface area contributed by atoms with Gasteiger partial charge in [-0.2, -0.15) is 13.2 Å². The predicted octanol–water partition coefficient (Wildman–Crippen LogP) is 6.82. The lowest BCUT2D eigenvalue weighted by atomic mass is 9.95. The molecule has 11 heteroatoms. The van der Waals surface area contributed by atoms with E-state index >= 15 is 0 Å². The largest absolute Gasteiger partial charge is 0.444 e. The Labute approximate surface area is 268 Å². The molecule has 3 aromatic rings. The van der Waals surface area contributed by atoms with E-state index < -0.39 is 23.4 Å². The average Bonchev–Trinajstić information content (AvgIpc) is 3.83. The Balaban J connectivity index is 1.24.